The number of H-pyrrole nitrogens is 1. The normalized spacial score (nSPS) is 10.3. The minimum absolute atomic E-state index is 0.174. The highest BCUT2D eigenvalue weighted by molar-refractivity contribution is 6.42. The highest BCUT2D eigenvalue weighted by atomic mass is 35.5. The van der Waals surface area contributed by atoms with Crippen molar-refractivity contribution in [1.82, 2.24) is 15.2 Å². The fourth-order valence-corrected chi connectivity index (χ4v) is 1.70. The van der Waals surface area contributed by atoms with Crippen LogP contribution in [-0.4, -0.2) is 27.7 Å². The van der Waals surface area contributed by atoms with Crippen molar-refractivity contribution in [2.45, 2.75) is 13.3 Å². The molecule has 1 heterocycles. The third-order valence-corrected chi connectivity index (χ3v) is 3.08. The van der Waals surface area contributed by atoms with Crippen LogP contribution in [-0.2, 0) is 4.79 Å². The summed E-state index contributed by atoms with van der Waals surface area (Å²) < 4.78 is 5.40. The van der Waals surface area contributed by atoms with Gasteiger partial charge in [0.25, 0.3) is 0 Å². The van der Waals surface area contributed by atoms with Crippen molar-refractivity contribution in [2.24, 2.45) is 0 Å². The molecule has 1 aromatic heterocycles. The maximum absolute atomic E-state index is 11.6. The largest absolute Gasteiger partial charge is 0.493 e. The van der Waals surface area contributed by atoms with Gasteiger partial charge in [-0.25, -0.2) is 0 Å². The Morgan fingerprint density at radius 1 is 1.40 bits per heavy atom. The topological polar surface area (TPSA) is 79.9 Å². The number of hydrogen-bond donors (Lipinski definition) is 2. The number of aromatic nitrogens is 3. The number of rotatable bonds is 5. The molecular formula is C12H12Cl2N4O2. The highest BCUT2D eigenvalue weighted by Gasteiger charge is 2.07. The van der Waals surface area contributed by atoms with E-state index in [1.54, 1.807) is 25.1 Å². The van der Waals surface area contributed by atoms with Crippen LogP contribution in [0.2, 0.25) is 10.0 Å². The lowest BCUT2D eigenvalue weighted by atomic mass is 10.3. The van der Waals surface area contributed by atoms with Gasteiger partial charge >= 0.3 is 0 Å². The van der Waals surface area contributed by atoms with Crippen LogP contribution in [0.4, 0.5) is 5.95 Å². The second kappa shape index (κ2) is 6.58. The van der Waals surface area contributed by atoms with Crippen molar-refractivity contribution >= 4 is 35.1 Å². The predicted molar refractivity (Wildman–Crippen MR) is 76.3 cm³/mol. The van der Waals surface area contributed by atoms with Crippen LogP contribution in [0, 0.1) is 6.92 Å². The minimum Gasteiger partial charge on any atom is -0.493 e. The minimum atomic E-state index is -0.232. The summed E-state index contributed by atoms with van der Waals surface area (Å²) in [6.07, 6.45) is 0.174. The number of benzene rings is 1. The van der Waals surface area contributed by atoms with Crippen molar-refractivity contribution in [3.8, 4) is 5.75 Å². The van der Waals surface area contributed by atoms with Crippen molar-refractivity contribution in [1.29, 1.82) is 0 Å². The summed E-state index contributed by atoms with van der Waals surface area (Å²) in [6, 6.07) is 4.92. The Kier molecular flexibility index (Phi) is 4.81. The van der Waals surface area contributed by atoms with Crippen LogP contribution < -0.4 is 10.1 Å². The van der Waals surface area contributed by atoms with E-state index in [4.69, 9.17) is 27.9 Å². The quantitative estimate of drug-likeness (QED) is 0.889. The Bertz CT molecular complexity index is 615. The van der Waals surface area contributed by atoms with Gasteiger partial charge in [-0.3, -0.25) is 15.2 Å². The van der Waals surface area contributed by atoms with Gasteiger partial charge < -0.3 is 4.74 Å². The third-order valence-electron chi connectivity index (χ3n) is 2.34. The van der Waals surface area contributed by atoms with E-state index in [0.717, 1.165) is 0 Å². The molecule has 1 amide bonds. The van der Waals surface area contributed by atoms with E-state index >= 15 is 0 Å². The summed E-state index contributed by atoms with van der Waals surface area (Å²) in [7, 11) is 0. The molecular weight excluding hydrogens is 303 g/mol. The van der Waals surface area contributed by atoms with Crippen LogP contribution in [0.25, 0.3) is 0 Å². The molecule has 0 fully saturated rings. The first-order valence-corrected chi connectivity index (χ1v) is 6.57. The predicted octanol–water partition coefficient (Wildman–Crippen LogP) is 2.83. The monoisotopic (exact) mass is 314 g/mol. The Balaban J connectivity index is 1.77. The molecule has 0 aliphatic carbocycles. The number of ether oxygens (including phenoxy) is 1. The molecule has 8 heteroatoms. The maximum atomic E-state index is 11.6. The Morgan fingerprint density at radius 3 is 2.85 bits per heavy atom. The lowest BCUT2D eigenvalue weighted by Gasteiger charge is -2.06. The number of aryl methyl sites for hydroxylation is 1. The van der Waals surface area contributed by atoms with Crippen molar-refractivity contribution < 1.29 is 9.53 Å². The van der Waals surface area contributed by atoms with E-state index in [9.17, 15) is 4.79 Å². The van der Waals surface area contributed by atoms with E-state index in [1.807, 2.05) is 0 Å². The lowest BCUT2D eigenvalue weighted by Crippen LogP contribution is -2.16. The summed E-state index contributed by atoms with van der Waals surface area (Å²) >= 11 is 11.6. The first-order valence-electron chi connectivity index (χ1n) is 5.81. The highest BCUT2D eigenvalue weighted by Crippen LogP contribution is 2.26. The molecule has 0 bridgehead atoms. The van der Waals surface area contributed by atoms with Gasteiger partial charge in [0, 0.05) is 6.07 Å². The van der Waals surface area contributed by atoms with Crippen LogP contribution in [0.1, 0.15) is 12.2 Å². The zero-order valence-corrected chi connectivity index (χ0v) is 12.1. The molecule has 2 rings (SSSR count). The van der Waals surface area contributed by atoms with Crippen molar-refractivity contribution in [2.75, 3.05) is 11.9 Å². The second-order valence-electron chi connectivity index (χ2n) is 3.97. The molecule has 0 saturated heterocycles. The maximum Gasteiger partial charge on any atom is 0.248 e. The molecule has 0 saturated carbocycles. The smallest absolute Gasteiger partial charge is 0.248 e. The fraction of sp³-hybridized carbons (Fsp3) is 0.250. The van der Waals surface area contributed by atoms with Gasteiger partial charge in [0.15, 0.2) is 0 Å². The number of halogens is 2. The number of nitrogens with one attached hydrogen (secondary N) is 2. The van der Waals surface area contributed by atoms with Gasteiger partial charge in [-0.15, -0.1) is 5.10 Å². The zero-order valence-electron chi connectivity index (χ0n) is 10.6. The zero-order chi connectivity index (χ0) is 14.5. The number of anilines is 1. The van der Waals surface area contributed by atoms with Gasteiger partial charge in [-0.1, -0.05) is 23.2 Å². The summed E-state index contributed by atoms with van der Waals surface area (Å²) in [4.78, 5) is 15.6. The lowest BCUT2D eigenvalue weighted by molar-refractivity contribution is -0.116. The molecule has 0 atom stereocenters. The number of nitrogens with zero attached hydrogens (tertiary/aromatic N) is 2. The number of aromatic amines is 1. The average molecular weight is 315 g/mol. The van der Waals surface area contributed by atoms with Crippen molar-refractivity contribution in [3.05, 3.63) is 34.1 Å². The summed E-state index contributed by atoms with van der Waals surface area (Å²) in [6.45, 7) is 1.96. The molecule has 6 nitrogen and oxygen atoms in total. The van der Waals surface area contributed by atoms with Gasteiger partial charge in [0.1, 0.15) is 11.6 Å². The van der Waals surface area contributed by atoms with Gasteiger partial charge in [0.05, 0.1) is 23.1 Å². The first-order chi connectivity index (χ1) is 9.54. The van der Waals surface area contributed by atoms with Crippen LogP contribution in [0.3, 0.4) is 0 Å². The Morgan fingerprint density at radius 2 is 2.20 bits per heavy atom. The fourth-order valence-electron chi connectivity index (χ4n) is 1.41. The molecule has 2 N–H and O–H groups in total. The molecule has 2 aromatic rings. The standard InChI is InChI=1S/C12H12Cl2N4O2/c1-7-15-12(18-17-7)16-11(19)4-5-20-8-2-3-9(13)10(14)6-8/h2-3,6H,4-5H2,1H3,(H2,15,16,17,18,19). The summed E-state index contributed by atoms with van der Waals surface area (Å²) in [5.41, 5.74) is 0. The Labute approximate surface area is 125 Å². The SMILES string of the molecule is Cc1nc(NC(=O)CCOc2ccc(Cl)c(Cl)c2)n[nH]1. The van der Waals surface area contributed by atoms with E-state index in [-0.39, 0.29) is 24.9 Å². The molecule has 0 unspecified atom stereocenters. The molecule has 20 heavy (non-hydrogen) atoms. The molecule has 0 spiro atoms. The molecule has 0 aliphatic rings. The van der Waals surface area contributed by atoms with Gasteiger partial charge in [0.2, 0.25) is 11.9 Å². The molecule has 1 aromatic carbocycles. The van der Waals surface area contributed by atoms with Gasteiger partial charge in [-0.2, -0.15) is 4.98 Å². The molecule has 0 radical (unpaired) electrons. The summed E-state index contributed by atoms with van der Waals surface area (Å²) in [5, 5.41) is 9.85. The Hall–Kier alpha value is -1.79. The average Bonchev–Trinajstić information content (AvgIpc) is 2.79. The molecule has 0 aliphatic heterocycles. The van der Waals surface area contributed by atoms with Gasteiger partial charge in [-0.05, 0) is 19.1 Å². The van der Waals surface area contributed by atoms with Crippen LogP contribution in [0.15, 0.2) is 18.2 Å². The van der Waals surface area contributed by atoms with E-state index in [2.05, 4.69) is 20.5 Å². The number of carbonyl (C=O) groups is 1. The number of hydrogen-bond acceptors (Lipinski definition) is 4. The van der Waals surface area contributed by atoms with E-state index in [1.165, 1.54) is 0 Å². The summed E-state index contributed by atoms with van der Waals surface area (Å²) in [5.74, 6) is 1.21. The first kappa shape index (κ1) is 14.6. The number of amides is 1. The third kappa shape index (κ3) is 4.11. The van der Waals surface area contributed by atoms with Crippen LogP contribution in [0.5, 0.6) is 5.75 Å². The second-order valence-corrected chi connectivity index (χ2v) is 4.78. The number of carbonyl (C=O) groups excluding carboxylic acids is 1. The van der Waals surface area contributed by atoms with E-state index in [0.29, 0.717) is 21.6 Å². The van der Waals surface area contributed by atoms with E-state index < -0.39 is 0 Å². The van der Waals surface area contributed by atoms with Crippen LogP contribution >= 0.6 is 23.2 Å². The van der Waals surface area contributed by atoms with Crippen molar-refractivity contribution in [3.63, 3.8) is 0 Å². The molecule has 106 valence electrons.